The molecule has 3 aliphatic rings. The summed E-state index contributed by atoms with van der Waals surface area (Å²) in [6.45, 7) is 7.56. The molecule has 3 fully saturated rings. The van der Waals surface area contributed by atoms with Crippen LogP contribution in [0.1, 0.15) is 49.7 Å². The molecule has 1 unspecified atom stereocenters. The Balaban J connectivity index is 1.02. The first-order chi connectivity index (χ1) is 21.5. The van der Waals surface area contributed by atoms with Crippen LogP contribution in [0.3, 0.4) is 0 Å². The highest BCUT2D eigenvalue weighted by molar-refractivity contribution is 7.24. The molecule has 2 aromatic heterocycles. The van der Waals surface area contributed by atoms with Gasteiger partial charge in [-0.15, -0.1) is 0 Å². The van der Waals surface area contributed by atoms with Gasteiger partial charge >= 0.3 is 0 Å². The molecule has 0 spiro atoms. The molecule has 44 heavy (non-hydrogen) atoms. The zero-order valence-corrected chi connectivity index (χ0v) is 27.0. The van der Waals surface area contributed by atoms with Gasteiger partial charge in [-0.3, -0.25) is 14.5 Å². The molecular weight excluding hydrogens is 591 g/mol. The minimum Gasteiger partial charge on any atom is -0.352 e. The second kappa shape index (κ2) is 13.0. The summed E-state index contributed by atoms with van der Waals surface area (Å²) >= 11 is 3.16. The van der Waals surface area contributed by atoms with Gasteiger partial charge < -0.3 is 20.4 Å². The zero-order chi connectivity index (χ0) is 30.0. The van der Waals surface area contributed by atoms with Crippen LogP contribution in [-0.4, -0.2) is 94.4 Å². The van der Waals surface area contributed by atoms with E-state index in [0.717, 1.165) is 100.0 Å². The second-order valence-electron chi connectivity index (χ2n) is 12.4. The summed E-state index contributed by atoms with van der Waals surface area (Å²) < 4.78 is 2.13. The van der Waals surface area contributed by atoms with Crippen molar-refractivity contribution in [1.82, 2.24) is 24.7 Å². The number of fused-ring (bicyclic) bond motifs is 2. The van der Waals surface area contributed by atoms with Crippen LogP contribution in [0.25, 0.3) is 20.4 Å². The first-order valence-corrected chi connectivity index (χ1v) is 17.7. The van der Waals surface area contributed by atoms with E-state index in [1.807, 2.05) is 28.0 Å². The zero-order valence-electron chi connectivity index (χ0n) is 25.4. The van der Waals surface area contributed by atoms with Gasteiger partial charge in [-0.1, -0.05) is 65.8 Å². The minimum atomic E-state index is -0.366. The van der Waals surface area contributed by atoms with Crippen molar-refractivity contribution in [2.24, 2.45) is 0 Å². The minimum absolute atomic E-state index is 0.138. The van der Waals surface area contributed by atoms with Crippen molar-refractivity contribution in [3.63, 3.8) is 0 Å². The van der Waals surface area contributed by atoms with Crippen LogP contribution in [-0.2, 0) is 16.0 Å². The fourth-order valence-corrected chi connectivity index (χ4v) is 9.05. The normalized spacial score (nSPS) is 18.8. The monoisotopic (exact) mass is 631 g/mol. The van der Waals surface area contributed by atoms with Crippen LogP contribution in [0.2, 0.25) is 0 Å². The maximum Gasteiger partial charge on any atom is 0.245 e. The number of carbonyl (C=O) groups excluding carboxylic acids is 2. The van der Waals surface area contributed by atoms with Crippen LogP contribution < -0.4 is 10.6 Å². The smallest absolute Gasteiger partial charge is 0.245 e. The molecule has 4 heterocycles. The number of nitrogens with zero attached hydrogens (tertiary/aromatic N) is 5. The Labute approximate surface area is 266 Å². The number of thiazole rings is 2. The van der Waals surface area contributed by atoms with Gasteiger partial charge in [-0.25, -0.2) is 9.97 Å². The van der Waals surface area contributed by atoms with E-state index < -0.39 is 0 Å². The highest BCUT2D eigenvalue weighted by Crippen LogP contribution is 2.37. The maximum absolute atomic E-state index is 13.5. The number of carbonyl (C=O) groups is 2. The van der Waals surface area contributed by atoms with Crippen LogP contribution >= 0.6 is 22.7 Å². The number of aryl methyl sites for hydroxylation is 1. The Hall–Kier alpha value is -3.28. The van der Waals surface area contributed by atoms with Crippen molar-refractivity contribution < 1.29 is 9.59 Å². The molecule has 0 radical (unpaired) electrons. The predicted octanol–water partition coefficient (Wildman–Crippen LogP) is 5.36. The topological polar surface area (TPSA) is 93.7 Å². The lowest BCUT2D eigenvalue weighted by Crippen LogP contribution is -2.52. The van der Waals surface area contributed by atoms with Gasteiger partial charge in [0.05, 0.1) is 27.0 Å². The average Bonchev–Trinajstić information content (AvgIpc) is 3.87. The third-order valence-electron chi connectivity index (χ3n) is 9.47. The van der Waals surface area contributed by atoms with E-state index in [4.69, 9.17) is 9.97 Å². The molecule has 0 bridgehead atoms. The largest absolute Gasteiger partial charge is 0.352 e. The summed E-state index contributed by atoms with van der Waals surface area (Å²) in [5.74, 6) is 0.282. The van der Waals surface area contributed by atoms with Gasteiger partial charge in [0.25, 0.3) is 0 Å². The Morgan fingerprint density at radius 1 is 0.864 bits per heavy atom. The number of hydrogen-bond donors (Lipinski definition) is 2. The SMILES string of the molecule is Cc1c2nc(NCC(=O)N3CCN(C4CCCC4)CC3)sc2cc2sc(NC(Cc3ccccc3)C(=O)N3CCCC3)nc12. The molecule has 2 amide bonds. The molecule has 1 saturated carbocycles. The van der Waals surface area contributed by atoms with Crippen molar-refractivity contribution in [3.8, 4) is 0 Å². The second-order valence-corrected chi connectivity index (χ2v) is 14.4. The standard InChI is InChI=1S/C33H41N7O2S2/c1-22-29-26(43-32(36-29)34-21-28(41)39-17-15-38(16-18-39)24-11-5-6-12-24)20-27-30(22)37-33(44-27)35-25(19-23-9-3-2-4-10-23)31(42)40-13-7-8-14-40/h2-4,9-10,20,24-25H,5-8,11-19,21H2,1H3,(H,34,36)(H,35,37). The average molecular weight is 632 g/mol. The molecule has 232 valence electrons. The molecule has 4 aromatic rings. The highest BCUT2D eigenvalue weighted by Gasteiger charge is 2.29. The summed E-state index contributed by atoms with van der Waals surface area (Å²) in [6, 6.07) is 12.7. The fraction of sp³-hybridized carbons (Fsp3) is 0.515. The molecule has 9 nitrogen and oxygen atoms in total. The number of anilines is 2. The lowest BCUT2D eigenvalue weighted by Gasteiger charge is -2.38. The Morgan fingerprint density at radius 3 is 2.23 bits per heavy atom. The van der Waals surface area contributed by atoms with E-state index in [9.17, 15) is 9.59 Å². The van der Waals surface area contributed by atoms with Gasteiger partial charge in [0.2, 0.25) is 11.8 Å². The number of hydrogen-bond acceptors (Lipinski definition) is 9. The van der Waals surface area contributed by atoms with Gasteiger partial charge in [-0.2, -0.15) is 0 Å². The lowest BCUT2D eigenvalue weighted by atomic mass is 10.1. The van der Waals surface area contributed by atoms with Crippen molar-refractivity contribution in [1.29, 1.82) is 0 Å². The molecular formula is C33H41N7O2S2. The van der Waals surface area contributed by atoms with Gasteiger partial charge in [0, 0.05) is 57.3 Å². The maximum atomic E-state index is 13.5. The number of nitrogens with one attached hydrogen (secondary N) is 2. The van der Waals surface area contributed by atoms with Gasteiger partial charge in [0.15, 0.2) is 10.3 Å². The number of benzene rings is 2. The van der Waals surface area contributed by atoms with E-state index in [-0.39, 0.29) is 24.4 Å². The Kier molecular flexibility index (Phi) is 8.69. The first-order valence-electron chi connectivity index (χ1n) is 16.1. The quantitative estimate of drug-likeness (QED) is 0.257. The highest BCUT2D eigenvalue weighted by atomic mass is 32.1. The number of likely N-dealkylation sites (tertiary alicyclic amines) is 1. The number of amides is 2. The van der Waals surface area contributed by atoms with E-state index in [1.54, 1.807) is 22.7 Å². The van der Waals surface area contributed by atoms with Crippen LogP contribution in [0.5, 0.6) is 0 Å². The number of piperazine rings is 1. The molecule has 7 rings (SSSR count). The number of aromatic nitrogens is 2. The van der Waals surface area contributed by atoms with Crippen LogP contribution in [0, 0.1) is 6.92 Å². The summed E-state index contributed by atoms with van der Waals surface area (Å²) in [6.07, 6.45) is 8.06. The Morgan fingerprint density at radius 2 is 1.52 bits per heavy atom. The third-order valence-corrected chi connectivity index (χ3v) is 11.4. The summed E-state index contributed by atoms with van der Waals surface area (Å²) in [4.78, 5) is 42.8. The van der Waals surface area contributed by atoms with Crippen molar-refractivity contribution >= 4 is 65.2 Å². The summed E-state index contributed by atoms with van der Waals surface area (Å²) in [7, 11) is 0. The molecule has 1 aliphatic carbocycles. The molecule has 11 heteroatoms. The van der Waals surface area contributed by atoms with Crippen molar-refractivity contribution in [2.45, 2.75) is 64.0 Å². The van der Waals surface area contributed by atoms with Gasteiger partial charge in [0.1, 0.15) is 6.04 Å². The van der Waals surface area contributed by atoms with Crippen molar-refractivity contribution in [2.75, 3.05) is 56.4 Å². The van der Waals surface area contributed by atoms with E-state index in [2.05, 4.69) is 40.7 Å². The van der Waals surface area contributed by atoms with E-state index in [0.29, 0.717) is 6.42 Å². The fourth-order valence-electron chi connectivity index (χ4n) is 6.99. The molecule has 2 saturated heterocycles. The van der Waals surface area contributed by atoms with Crippen LogP contribution in [0.15, 0.2) is 36.4 Å². The Bertz CT molecular complexity index is 1620. The first kappa shape index (κ1) is 29.4. The molecule has 2 N–H and O–H groups in total. The number of rotatable bonds is 9. The summed E-state index contributed by atoms with van der Waals surface area (Å²) in [5, 5.41) is 8.32. The lowest BCUT2D eigenvalue weighted by molar-refractivity contribution is -0.131. The van der Waals surface area contributed by atoms with E-state index in [1.165, 1.54) is 25.7 Å². The molecule has 2 aliphatic heterocycles. The molecule has 2 aromatic carbocycles. The third kappa shape index (κ3) is 6.27. The van der Waals surface area contributed by atoms with Gasteiger partial charge in [-0.05, 0) is 44.2 Å². The van der Waals surface area contributed by atoms with E-state index >= 15 is 0 Å². The molecule has 1 atom stereocenters. The van der Waals surface area contributed by atoms with Crippen molar-refractivity contribution in [3.05, 3.63) is 47.5 Å². The van der Waals surface area contributed by atoms with Crippen LogP contribution in [0.4, 0.5) is 10.3 Å². The summed E-state index contributed by atoms with van der Waals surface area (Å²) in [5.41, 5.74) is 3.97. The predicted molar refractivity (Wildman–Crippen MR) is 180 cm³/mol.